The van der Waals surface area contributed by atoms with Crippen molar-refractivity contribution in [2.75, 3.05) is 0 Å². The number of hydrogen-bond acceptors (Lipinski definition) is 0. The van der Waals surface area contributed by atoms with Gasteiger partial charge < -0.3 is 0 Å². The van der Waals surface area contributed by atoms with Gasteiger partial charge in [0, 0.05) is 0 Å². The Morgan fingerprint density at radius 1 is 0.553 bits per heavy atom. The molecule has 0 spiro atoms. The highest BCUT2D eigenvalue weighted by molar-refractivity contribution is 7.14. The standard InChI is InChI=1S/C34H44Si4/c1-35(2,3)32-27-33(36(4,5)6)34(28-32)37(7,8)25-18-26-38(29-19-12-9-13-20-29,30-21-14-10-15-22-30)31-23-16-11-17-24-31/h9-17,19-28,34H,1-8H3. The Balaban J connectivity index is 1.89. The number of benzene rings is 3. The minimum atomic E-state index is -2.42. The lowest BCUT2D eigenvalue weighted by molar-refractivity contribution is 1.25. The Hall–Kier alpha value is -2.47. The lowest BCUT2D eigenvalue weighted by Gasteiger charge is -2.33. The molecular weight excluding hydrogens is 521 g/mol. The van der Waals surface area contributed by atoms with E-state index in [1.165, 1.54) is 15.6 Å². The maximum absolute atomic E-state index is 3.91. The molecule has 0 saturated carbocycles. The van der Waals surface area contributed by atoms with E-state index >= 15 is 0 Å². The van der Waals surface area contributed by atoms with E-state index in [4.69, 9.17) is 0 Å². The van der Waals surface area contributed by atoms with Gasteiger partial charge in [0.15, 0.2) is 8.07 Å². The van der Waals surface area contributed by atoms with E-state index in [0.29, 0.717) is 5.54 Å². The van der Waals surface area contributed by atoms with Crippen molar-refractivity contribution < 1.29 is 0 Å². The summed E-state index contributed by atoms with van der Waals surface area (Å²) >= 11 is 0. The van der Waals surface area contributed by atoms with E-state index in [0.717, 1.165) is 0 Å². The summed E-state index contributed by atoms with van der Waals surface area (Å²) in [5.41, 5.74) is 9.49. The van der Waals surface area contributed by atoms with Gasteiger partial charge in [-0.15, -0.1) is 5.73 Å². The summed E-state index contributed by atoms with van der Waals surface area (Å²) in [4.78, 5) is 0. The molecule has 3 aromatic carbocycles. The molecule has 0 radical (unpaired) electrons. The zero-order chi connectivity index (χ0) is 27.6. The lowest BCUT2D eigenvalue weighted by atomic mass is 10.3. The van der Waals surface area contributed by atoms with Gasteiger partial charge in [0.2, 0.25) is 0 Å². The smallest absolute Gasteiger partial charge is 0.137 e. The van der Waals surface area contributed by atoms with Crippen molar-refractivity contribution in [2.45, 2.75) is 57.9 Å². The molecule has 4 heteroatoms. The van der Waals surface area contributed by atoms with Gasteiger partial charge in [0.05, 0.1) is 24.2 Å². The molecule has 0 N–H and O–H groups in total. The van der Waals surface area contributed by atoms with Gasteiger partial charge in [-0.05, 0) is 26.8 Å². The maximum Gasteiger partial charge on any atom is 0.180 e. The summed E-state index contributed by atoms with van der Waals surface area (Å²) < 4.78 is 0. The Kier molecular flexibility index (Phi) is 8.22. The Morgan fingerprint density at radius 3 is 1.34 bits per heavy atom. The largest absolute Gasteiger partial charge is 0.180 e. The molecule has 4 rings (SSSR count). The van der Waals surface area contributed by atoms with Crippen LogP contribution in [0.4, 0.5) is 0 Å². The first-order chi connectivity index (χ1) is 17.9. The fourth-order valence-electron chi connectivity index (χ4n) is 5.66. The molecule has 1 aliphatic rings. The predicted octanol–water partition coefficient (Wildman–Crippen LogP) is 7.65. The van der Waals surface area contributed by atoms with Gasteiger partial charge in [-0.1, -0.05) is 172 Å². The second kappa shape index (κ2) is 11.0. The summed E-state index contributed by atoms with van der Waals surface area (Å²) in [6.07, 6.45) is 5.31. The fraction of sp³-hybridized carbons (Fsp3) is 0.265. The third-order valence-electron chi connectivity index (χ3n) is 7.97. The maximum atomic E-state index is 3.91. The molecule has 0 saturated heterocycles. The van der Waals surface area contributed by atoms with Crippen molar-refractivity contribution in [3.63, 3.8) is 0 Å². The quantitative estimate of drug-likeness (QED) is 0.150. The topological polar surface area (TPSA) is 0 Å². The van der Waals surface area contributed by atoms with Crippen LogP contribution in [0, 0.1) is 0 Å². The molecule has 0 fully saturated rings. The van der Waals surface area contributed by atoms with E-state index in [1.807, 2.05) is 0 Å². The molecule has 1 atom stereocenters. The molecule has 1 unspecified atom stereocenters. The van der Waals surface area contributed by atoms with Crippen LogP contribution < -0.4 is 15.6 Å². The summed E-state index contributed by atoms with van der Waals surface area (Å²) in [6, 6.07) is 33.4. The summed E-state index contributed by atoms with van der Waals surface area (Å²) in [5, 5.41) is 7.62. The van der Waals surface area contributed by atoms with E-state index in [9.17, 15) is 0 Å². The average Bonchev–Trinajstić information content (AvgIpc) is 3.37. The molecule has 0 aromatic heterocycles. The number of allylic oxidation sites excluding steroid dienone is 4. The molecule has 3 aromatic rings. The first-order valence-electron chi connectivity index (χ1n) is 13.9. The first kappa shape index (κ1) is 28.5. The van der Waals surface area contributed by atoms with Gasteiger partial charge >= 0.3 is 0 Å². The minimum Gasteiger partial charge on any atom is -0.137 e. The molecule has 38 heavy (non-hydrogen) atoms. The van der Waals surface area contributed by atoms with E-state index in [1.54, 1.807) is 10.4 Å². The van der Waals surface area contributed by atoms with Crippen molar-refractivity contribution in [2.24, 2.45) is 0 Å². The molecule has 0 bridgehead atoms. The van der Waals surface area contributed by atoms with Gasteiger partial charge in [-0.25, -0.2) is 0 Å². The van der Waals surface area contributed by atoms with Gasteiger partial charge in [-0.3, -0.25) is 0 Å². The van der Waals surface area contributed by atoms with E-state index in [-0.39, 0.29) is 0 Å². The third kappa shape index (κ3) is 5.90. The van der Waals surface area contributed by atoms with Crippen molar-refractivity contribution in [3.8, 4) is 0 Å². The highest BCUT2D eigenvalue weighted by Crippen LogP contribution is 2.44. The molecular formula is C34H44Si4. The number of rotatable bonds is 8. The predicted molar refractivity (Wildman–Crippen MR) is 181 cm³/mol. The zero-order valence-electron chi connectivity index (χ0n) is 24.5. The fourth-order valence-corrected chi connectivity index (χ4v) is 17.6. The Labute approximate surface area is 235 Å². The van der Waals surface area contributed by atoms with Gasteiger partial charge in [-0.2, -0.15) is 0 Å². The Morgan fingerprint density at radius 2 is 0.974 bits per heavy atom. The SMILES string of the molecule is C[Si](C)(C)C1=CC([Si](C)(C)C=C=C[Si](c2ccccc2)(c2ccccc2)c2ccccc2)C([Si](C)(C)C)=C1. The van der Waals surface area contributed by atoms with Crippen LogP contribution in [0.1, 0.15) is 0 Å². The van der Waals surface area contributed by atoms with Crippen LogP contribution in [-0.2, 0) is 0 Å². The zero-order valence-corrected chi connectivity index (χ0v) is 28.5. The first-order valence-corrected chi connectivity index (χ1v) is 26.1. The second-order valence-corrected chi connectivity index (χ2v) is 31.7. The molecule has 0 amide bonds. The minimum absolute atomic E-state index is 0.582. The highest BCUT2D eigenvalue weighted by atomic mass is 28.3. The number of hydrogen-bond donors (Lipinski definition) is 0. The van der Waals surface area contributed by atoms with E-state index in [2.05, 4.69) is 173 Å². The van der Waals surface area contributed by atoms with Crippen LogP contribution in [0.15, 0.2) is 131 Å². The van der Waals surface area contributed by atoms with Gasteiger partial charge in [0.1, 0.15) is 0 Å². The normalized spacial score (nSPS) is 16.4. The monoisotopic (exact) mass is 564 g/mol. The molecule has 196 valence electrons. The Bertz CT molecular complexity index is 1270. The van der Waals surface area contributed by atoms with Crippen LogP contribution in [0.2, 0.25) is 57.9 Å². The van der Waals surface area contributed by atoms with Crippen LogP contribution in [0.25, 0.3) is 0 Å². The summed E-state index contributed by atoms with van der Waals surface area (Å²) in [5.74, 6) is 0. The second-order valence-electron chi connectivity index (χ2n) is 13.4. The van der Waals surface area contributed by atoms with Crippen LogP contribution >= 0.6 is 0 Å². The van der Waals surface area contributed by atoms with Crippen LogP contribution in [0.5, 0.6) is 0 Å². The van der Waals surface area contributed by atoms with Crippen LogP contribution in [-0.4, -0.2) is 32.3 Å². The van der Waals surface area contributed by atoms with Crippen molar-refractivity contribution in [1.82, 2.24) is 0 Å². The van der Waals surface area contributed by atoms with Crippen molar-refractivity contribution in [1.29, 1.82) is 0 Å². The van der Waals surface area contributed by atoms with Gasteiger partial charge in [0.25, 0.3) is 0 Å². The lowest BCUT2D eigenvalue weighted by Crippen LogP contribution is -2.65. The van der Waals surface area contributed by atoms with Crippen LogP contribution in [0.3, 0.4) is 0 Å². The molecule has 0 nitrogen and oxygen atoms in total. The van der Waals surface area contributed by atoms with Crippen molar-refractivity contribution >= 4 is 47.9 Å². The molecule has 0 aliphatic heterocycles. The van der Waals surface area contributed by atoms with Crippen molar-refractivity contribution in [3.05, 3.63) is 131 Å². The molecule has 0 heterocycles. The highest BCUT2D eigenvalue weighted by Gasteiger charge is 2.41. The molecule has 1 aliphatic carbocycles. The summed E-state index contributed by atoms with van der Waals surface area (Å²) in [6.45, 7) is 20.1. The average molecular weight is 565 g/mol. The summed E-state index contributed by atoms with van der Waals surface area (Å²) in [7, 11) is -7.02. The third-order valence-corrected chi connectivity index (χ3v) is 19.8. The van der Waals surface area contributed by atoms with E-state index < -0.39 is 32.3 Å².